The topological polar surface area (TPSA) is 38.7 Å². The molecule has 0 radical (unpaired) electrons. The second-order valence-corrected chi connectivity index (χ2v) is 3.96. The molecule has 0 aromatic rings. The van der Waals surface area contributed by atoms with Crippen LogP contribution in [0.4, 0.5) is 0 Å². The molecule has 3 heteroatoms. The fourth-order valence-corrected chi connectivity index (χ4v) is 1.29. The van der Waals surface area contributed by atoms with Crippen molar-refractivity contribution < 1.29 is 14.6 Å². The van der Waals surface area contributed by atoms with Gasteiger partial charge in [-0.2, -0.15) is 0 Å². The van der Waals surface area contributed by atoms with Gasteiger partial charge in [0.05, 0.1) is 26.4 Å². The summed E-state index contributed by atoms with van der Waals surface area (Å²) in [4.78, 5) is 0. The molecule has 15 heavy (non-hydrogen) atoms. The Bertz CT molecular complexity index is 117. The smallest absolute Gasteiger partial charge is 0.0701 e. The molecule has 0 aromatic heterocycles. The average molecular weight is 218 g/mol. The van der Waals surface area contributed by atoms with Gasteiger partial charge in [0.25, 0.3) is 0 Å². The van der Waals surface area contributed by atoms with Crippen molar-refractivity contribution in [1.29, 1.82) is 0 Å². The highest BCUT2D eigenvalue weighted by Crippen LogP contribution is 2.10. The Kier molecular flexibility index (Phi) is 11.9. The van der Waals surface area contributed by atoms with Crippen LogP contribution in [0.1, 0.15) is 39.5 Å². The van der Waals surface area contributed by atoms with Gasteiger partial charge in [0, 0.05) is 6.61 Å². The van der Waals surface area contributed by atoms with E-state index in [0.29, 0.717) is 19.8 Å². The van der Waals surface area contributed by atoms with Crippen molar-refractivity contribution in [3.8, 4) is 0 Å². The number of aliphatic hydroxyl groups is 1. The molecule has 92 valence electrons. The first-order chi connectivity index (χ1) is 7.31. The molecule has 0 aliphatic rings. The predicted molar refractivity (Wildman–Crippen MR) is 62.0 cm³/mol. The van der Waals surface area contributed by atoms with E-state index in [0.717, 1.165) is 18.9 Å². The molecule has 0 fully saturated rings. The zero-order valence-electron chi connectivity index (χ0n) is 10.2. The van der Waals surface area contributed by atoms with Crippen LogP contribution in [0.15, 0.2) is 0 Å². The normalized spacial score (nSPS) is 13.0. The largest absolute Gasteiger partial charge is 0.394 e. The molecular formula is C12H26O3. The number of rotatable bonds is 11. The first kappa shape index (κ1) is 14.9. The number of ether oxygens (including phenoxy) is 2. The van der Waals surface area contributed by atoms with Crippen LogP contribution in [0.5, 0.6) is 0 Å². The highest BCUT2D eigenvalue weighted by atomic mass is 16.5. The van der Waals surface area contributed by atoms with E-state index in [4.69, 9.17) is 14.6 Å². The highest BCUT2D eigenvalue weighted by Gasteiger charge is 1.97. The monoisotopic (exact) mass is 218 g/mol. The van der Waals surface area contributed by atoms with Gasteiger partial charge in [-0.1, -0.05) is 33.1 Å². The van der Waals surface area contributed by atoms with Crippen LogP contribution >= 0.6 is 0 Å². The van der Waals surface area contributed by atoms with Crippen molar-refractivity contribution in [3.63, 3.8) is 0 Å². The molecule has 0 aliphatic carbocycles. The van der Waals surface area contributed by atoms with Crippen LogP contribution in [0.2, 0.25) is 0 Å². The SMILES string of the molecule is CCC(C)CCCCOCCOCCO. The molecule has 0 heterocycles. The van der Waals surface area contributed by atoms with E-state index in [2.05, 4.69) is 13.8 Å². The Morgan fingerprint density at radius 2 is 1.67 bits per heavy atom. The number of hydrogen-bond donors (Lipinski definition) is 1. The third kappa shape index (κ3) is 11.8. The summed E-state index contributed by atoms with van der Waals surface area (Å²) in [5.41, 5.74) is 0. The summed E-state index contributed by atoms with van der Waals surface area (Å²) in [6, 6.07) is 0. The summed E-state index contributed by atoms with van der Waals surface area (Å²) in [6.07, 6.45) is 4.98. The molecule has 1 atom stereocenters. The standard InChI is InChI=1S/C12H26O3/c1-3-12(2)6-4-5-8-14-10-11-15-9-7-13/h12-13H,3-11H2,1-2H3. The molecule has 0 rings (SSSR count). The molecular weight excluding hydrogens is 192 g/mol. The van der Waals surface area contributed by atoms with E-state index in [1.807, 2.05) is 0 Å². The van der Waals surface area contributed by atoms with Crippen molar-refractivity contribution in [2.75, 3.05) is 33.0 Å². The lowest BCUT2D eigenvalue weighted by Gasteiger charge is -2.08. The Balaban J connectivity index is 2.92. The molecule has 0 amide bonds. The van der Waals surface area contributed by atoms with E-state index < -0.39 is 0 Å². The summed E-state index contributed by atoms with van der Waals surface area (Å²) >= 11 is 0. The quantitative estimate of drug-likeness (QED) is 0.540. The average Bonchev–Trinajstić information content (AvgIpc) is 2.26. The summed E-state index contributed by atoms with van der Waals surface area (Å²) in [5.74, 6) is 0.845. The van der Waals surface area contributed by atoms with Crippen LogP contribution in [0.25, 0.3) is 0 Å². The molecule has 0 spiro atoms. The van der Waals surface area contributed by atoms with E-state index in [1.165, 1.54) is 19.3 Å². The lowest BCUT2D eigenvalue weighted by molar-refractivity contribution is 0.0319. The summed E-state index contributed by atoms with van der Waals surface area (Å²) in [5, 5.41) is 8.45. The molecule has 3 nitrogen and oxygen atoms in total. The first-order valence-corrected chi connectivity index (χ1v) is 6.07. The van der Waals surface area contributed by atoms with Gasteiger partial charge in [0.15, 0.2) is 0 Å². The predicted octanol–water partition coefficient (Wildman–Crippen LogP) is 2.23. The lowest BCUT2D eigenvalue weighted by Crippen LogP contribution is -2.08. The summed E-state index contributed by atoms with van der Waals surface area (Å²) in [6.45, 7) is 7.10. The van der Waals surface area contributed by atoms with Crippen molar-refractivity contribution in [1.82, 2.24) is 0 Å². The number of aliphatic hydroxyl groups excluding tert-OH is 1. The minimum atomic E-state index is 0.0922. The molecule has 0 aromatic carbocycles. The molecule has 1 unspecified atom stereocenters. The number of unbranched alkanes of at least 4 members (excludes halogenated alkanes) is 1. The van der Waals surface area contributed by atoms with Gasteiger partial charge in [-0.25, -0.2) is 0 Å². The van der Waals surface area contributed by atoms with E-state index in [-0.39, 0.29) is 6.61 Å². The highest BCUT2D eigenvalue weighted by molar-refractivity contribution is 4.50. The van der Waals surface area contributed by atoms with Crippen molar-refractivity contribution in [2.24, 2.45) is 5.92 Å². The zero-order valence-corrected chi connectivity index (χ0v) is 10.2. The van der Waals surface area contributed by atoms with Crippen molar-refractivity contribution in [3.05, 3.63) is 0 Å². The van der Waals surface area contributed by atoms with Gasteiger partial charge in [0.2, 0.25) is 0 Å². The van der Waals surface area contributed by atoms with Crippen molar-refractivity contribution in [2.45, 2.75) is 39.5 Å². The fraction of sp³-hybridized carbons (Fsp3) is 1.00. The third-order valence-corrected chi connectivity index (χ3v) is 2.54. The van der Waals surface area contributed by atoms with Crippen LogP contribution in [-0.2, 0) is 9.47 Å². The van der Waals surface area contributed by atoms with Crippen LogP contribution in [-0.4, -0.2) is 38.1 Å². The Labute approximate surface area is 93.8 Å². The maximum absolute atomic E-state index is 8.45. The molecule has 1 N–H and O–H groups in total. The van der Waals surface area contributed by atoms with Crippen LogP contribution < -0.4 is 0 Å². The van der Waals surface area contributed by atoms with Gasteiger partial charge in [-0.15, -0.1) is 0 Å². The molecule has 0 saturated carbocycles. The zero-order chi connectivity index (χ0) is 11.4. The minimum Gasteiger partial charge on any atom is -0.394 e. The summed E-state index contributed by atoms with van der Waals surface area (Å²) in [7, 11) is 0. The summed E-state index contributed by atoms with van der Waals surface area (Å²) < 4.78 is 10.5. The minimum absolute atomic E-state index is 0.0922. The first-order valence-electron chi connectivity index (χ1n) is 6.07. The number of hydrogen-bond acceptors (Lipinski definition) is 3. The van der Waals surface area contributed by atoms with Gasteiger partial charge < -0.3 is 14.6 Å². The van der Waals surface area contributed by atoms with Crippen molar-refractivity contribution >= 4 is 0 Å². The second-order valence-electron chi connectivity index (χ2n) is 3.96. The Morgan fingerprint density at radius 1 is 1.00 bits per heavy atom. The van der Waals surface area contributed by atoms with Gasteiger partial charge >= 0.3 is 0 Å². The van der Waals surface area contributed by atoms with E-state index in [1.54, 1.807) is 0 Å². The third-order valence-electron chi connectivity index (χ3n) is 2.54. The van der Waals surface area contributed by atoms with E-state index in [9.17, 15) is 0 Å². The van der Waals surface area contributed by atoms with E-state index >= 15 is 0 Å². The van der Waals surface area contributed by atoms with Gasteiger partial charge in [-0.05, 0) is 12.3 Å². The van der Waals surface area contributed by atoms with Crippen LogP contribution in [0, 0.1) is 5.92 Å². The fourth-order valence-electron chi connectivity index (χ4n) is 1.29. The second kappa shape index (κ2) is 12.0. The molecule has 0 aliphatic heterocycles. The Morgan fingerprint density at radius 3 is 2.27 bits per heavy atom. The van der Waals surface area contributed by atoms with Gasteiger partial charge in [0.1, 0.15) is 0 Å². The maximum Gasteiger partial charge on any atom is 0.0701 e. The van der Waals surface area contributed by atoms with Crippen LogP contribution in [0.3, 0.4) is 0 Å². The maximum atomic E-state index is 8.45. The molecule has 0 saturated heterocycles. The lowest BCUT2D eigenvalue weighted by atomic mass is 10.0. The Hall–Kier alpha value is -0.120. The molecule has 0 bridgehead atoms. The van der Waals surface area contributed by atoms with Gasteiger partial charge in [-0.3, -0.25) is 0 Å².